The summed E-state index contributed by atoms with van der Waals surface area (Å²) in [6, 6.07) is -0.368. The second-order valence-electron chi connectivity index (χ2n) is 4.85. The van der Waals surface area contributed by atoms with Crippen molar-refractivity contribution in [2.45, 2.75) is 36.6 Å². The van der Waals surface area contributed by atoms with E-state index in [4.69, 9.17) is 5.73 Å². The predicted octanol–water partition coefficient (Wildman–Crippen LogP) is -0.0721. The molecule has 1 aliphatic rings. The lowest BCUT2D eigenvalue weighted by Gasteiger charge is -2.27. The predicted molar refractivity (Wildman–Crippen MR) is 70.9 cm³/mol. The molecule has 1 aromatic rings. The summed E-state index contributed by atoms with van der Waals surface area (Å²) in [5, 5.41) is 13.3. The molecule has 0 aliphatic carbocycles. The van der Waals surface area contributed by atoms with Crippen LogP contribution in [-0.4, -0.2) is 46.8 Å². The Hall–Kier alpha value is -1.12. The Bertz CT molecular complexity index is 540. The van der Waals surface area contributed by atoms with Crippen molar-refractivity contribution in [1.82, 2.24) is 14.1 Å². The average Bonchev–Trinajstić information content (AvgIpc) is 2.59. The van der Waals surface area contributed by atoms with Crippen LogP contribution in [0, 0.1) is 0 Å². The van der Waals surface area contributed by atoms with E-state index < -0.39 is 10.0 Å². The number of hydrogen-bond donors (Lipinski definition) is 2. The van der Waals surface area contributed by atoms with Crippen molar-refractivity contribution in [3.05, 3.63) is 6.20 Å². The maximum absolute atomic E-state index is 12.6. The third-order valence-corrected chi connectivity index (χ3v) is 5.41. The zero-order valence-electron chi connectivity index (χ0n) is 11.0. The van der Waals surface area contributed by atoms with E-state index in [9.17, 15) is 13.5 Å². The van der Waals surface area contributed by atoms with Crippen LogP contribution < -0.4 is 5.73 Å². The van der Waals surface area contributed by atoms with Crippen LogP contribution in [0.1, 0.15) is 25.7 Å². The number of aryl methyl sites for hydroxylation is 1. The topological polar surface area (TPSA) is 101 Å². The fourth-order valence-corrected chi connectivity index (χ4v) is 4.24. The summed E-state index contributed by atoms with van der Waals surface area (Å²) in [4.78, 5) is 0.0235. The van der Waals surface area contributed by atoms with Crippen LogP contribution in [0.2, 0.25) is 0 Å². The van der Waals surface area contributed by atoms with Crippen LogP contribution in [0.25, 0.3) is 0 Å². The Morgan fingerprint density at radius 1 is 1.47 bits per heavy atom. The highest BCUT2D eigenvalue weighted by molar-refractivity contribution is 7.89. The third-order valence-electron chi connectivity index (χ3n) is 3.44. The summed E-state index contributed by atoms with van der Waals surface area (Å²) < 4.78 is 28.0. The first-order valence-corrected chi connectivity index (χ1v) is 7.82. The largest absolute Gasteiger partial charge is 0.395 e. The molecule has 1 aliphatic heterocycles. The van der Waals surface area contributed by atoms with Gasteiger partial charge in [0.1, 0.15) is 4.90 Å². The molecule has 0 radical (unpaired) electrons. The van der Waals surface area contributed by atoms with E-state index >= 15 is 0 Å². The minimum Gasteiger partial charge on any atom is -0.395 e. The van der Waals surface area contributed by atoms with E-state index in [0.717, 1.165) is 19.3 Å². The number of aromatic nitrogens is 2. The zero-order chi connectivity index (χ0) is 14.0. The van der Waals surface area contributed by atoms with Gasteiger partial charge in [-0.15, -0.1) is 0 Å². The molecule has 0 aromatic carbocycles. The third kappa shape index (κ3) is 2.75. The summed E-state index contributed by atoms with van der Waals surface area (Å²) in [7, 11) is -2.07. The molecular weight excluding hydrogens is 268 g/mol. The number of aliphatic hydroxyl groups excluding tert-OH is 1. The van der Waals surface area contributed by atoms with Crippen LogP contribution >= 0.6 is 0 Å². The Balaban J connectivity index is 2.39. The van der Waals surface area contributed by atoms with Gasteiger partial charge in [0.2, 0.25) is 10.0 Å². The molecule has 0 saturated carbocycles. The van der Waals surface area contributed by atoms with Crippen LogP contribution in [0.5, 0.6) is 0 Å². The first-order chi connectivity index (χ1) is 8.96. The molecule has 0 spiro atoms. The molecule has 19 heavy (non-hydrogen) atoms. The fourth-order valence-electron chi connectivity index (χ4n) is 2.46. The van der Waals surface area contributed by atoms with Crippen LogP contribution in [0.4, 0.5) is 5.82 Å². The molecule has 0 amide bonds. The molecule has 108 valence electrons. The normalized spacial score (nSPS) is 22.3. The first kappa shape index (κ1) is 14.3. The van der Waals surface area contributed by atoms with Gasteiger partial charge in [-0.1, -0.05) is 12.8 Å². The second kappa shape index (κ2) is 5.48. The Morgan fingerprint density at radius 2 is 2.21 bits per heavy atom. The lowest BCUT2D eigenvalue weighted by atomic mass is 10.1. The SMILES string of the molecule is Cn1cc(S(=O)(=O)N2CCCCCC2CO)c(N)n1. The minimum absolute atomic E-state index is 0.00318. The molecule has 7 nitrogen and oxygen atoms in total. The van der Waals surface area contributed by atoms with E-state index in [1.54, 1.807) is 7.05 Å². The molecule has 3 N–H and O–H groups in total. The monoisotopic (exact) mass is 288 g/mol. The highest BCUT2D eigenvalue weighted by Gasteiger charge is 2.34. The molecule has 1 saturated heterocycles. The quantitative estimate of drug-likeness (QED) is 0.810. The molecule has 2 rings (SSSR count). The van der Waals surface area contributed by atoms with Crippen LogP contribution in [0.3, 0.4) is 0 Å². The standard InChI is InChI=1S/C11H20N4O3S/c1-14-7-10(11(12)13-14)19(17,18)15-6-4-2-3-5-9(15)8-16/h7,9,16H,2-6,8H2,1H3,(H2,12,13). The molecule has 1 unspecified atom stereocenters. The Kier molecular flexibility index (Phi) is 4.12. The highest BCUT2D eigenvalue weighted by atomic mass is 32.2. The van der Waals surface area contributed by atoms with Crippen LogP contribution in [0.15, 0.2) is 11.1 Å². The number of anilines is 1. The van der Waals surface area contributed by atoms with Crippen molar-refractivity contribution in [3.63, 3.8) is 0 Å². The smallest absolute Gasteiger partial charge is 0.248 e. The van der Waals surface area contributed by atoms with Gasteiger partial charge in [-0.3, -0.25) is 4.68 Å². The number of sulfonamides is 1. The lowest BCUT2D eigenvalue weighted by molar-refractivity contribution is 0.186. The molecule has 1 aromatic heterocycles. The maximum atomic E-state index is 12.6. The van der Waals surface area contributed by atoms with Gasteiger partial charge in [0, 0.05) is 25.8 Å². The lowest BCUT2D eigenvalue weighted by Crippen LogP contribution is -2.42. The molecule has 8 heteroatoms. The van der Waals surface area contributed by atoms with Gasteiger partial charge in [0.15, 0.2) is 5.82 Å². The van der Waals surface area contributed by atoms with Crippen molar-refractivity contribution in [3.8, 4) is 0 Å². The van der Waals surface area contributed by atoms with Gasteiger partial charge in [-0.2, -0.15) is 9.40 Å². The van der Waals surface area contributed by atoms with E-state index in [2.05, 4.69) is 5.10 Å². The van der Waals surface area contributed by atoms with E-state index in [1.165, 1.54) is 15.2 Å². The number of nitrogens with zero attached hydrogens (tertiary/aromatic N) is 3. The fraction of sp³-hybridized carbons (Fsp3) is 0.727. The van der Waals surface area contributed by atoms with Crippen molar-refractivity contribution < 1.29 is 13.5 Å². The highest BCUT2D eigenvalue weighted by Crippen LogP contribution is 2.27. The van der Waals surface area contributed by atoms with E-state index in [-0.39, 0.29) is 23.4 Å². The minimum atomic E-state index is -3.69. The summed E-state index contributed by atoms with van der Waals surface area (Å²) >= 11 is 0. The average molecular weight is 288 g/mol. The summed E-state index contributed by atoms with van der Waals surface area (Å²) in [6.07, 6.45) is 4.79. The van der Waals surface area contributed by atoms with Gasteiger partial charge >= 0.3 is 0 Å². The number of nitrogen functional groups attached to an aromatic ring is 1. The van der Waals surface area contributed by atoms with Gasteiger partial charge in [-0.05, 0) is 12.8 Å². The van der Waals surface area contributed by atoms with Gasteiger partial charge in [0.25, 0.3) is 0 Å². The Labute approximate surface area is 113 Å². The van der Waals surface area contributed by atoms with Gasteiger partial charge < -0.3 is 10.8 Å². The van der Waals surface area contributed by atoms with Gasteiger partial charge in [0.05, 0.1) is 6.61 Å². The van der Waals surface area contributed by atoms with Crippen molar-refractivity contribution in [2.24, 2.45) is 7.05 Å². The number of rotatable bonds is 3. The summed E-state index contributed by atoms with van der Waals surface area (Å²) in [5.74, 6) is 0.00318. The van der Waals surface area contributed by atoms with E-state index in [1.807, 2.05) is 0 Å². The van der Waals surface area contributed by atoms with Crippen LogP contribution in [-0.2, 0) is 17.1 Å². The molecule has 2 heterocycles. The van der Waals surface area contributed by atoms with Crippen molar-refractivity contribution in [1.29, 1.82) is 0 Å². The number of aliphatic hydroxyl groups is 1. The summed E-state index contributed by atoms with van der Waals surface area (Å²) in [6.45, 7) is 0.251. The first-order valence-electron chi connectivity index (χ1n) is 6.38. The van der Waals surface area contributed by atoms with Crippen molar-refractivity contribution >= 4 is 15.8 Å². The molecule has 1 fully saturated rings. The Morgan fingerprint density at radius 3 is 2.79 bits per heavy atom. The zero-order valence-corrected chi connectivity index (χ0v) is 11.8. The molecule has 1 atom stereocenters. The van der Waals surface area contributed by atoms with Gasteiger partial charge in [-0.25, -0.2) is 8.42 Å². The van der Waals surface area contributed by atoms with Crippen molar-refractivity contribution in [2.75, 3.05) is 18.9 Å². The molecular formula is C11H20N4O3S. The maximum Gasteiger partial charge on any atom is 0.248 e. The number of nitrogens with two attached hydrogens (primary N) is 1. The van der Waals surface area contributed by atoms with E-state index in [0.29, 0.717) is 13.0 Å². The molecule has 0 bridgehead atoms. The summed E-state index contributed by atoms with van der Waals surface area (Å²) in [5.41, 5.74) is 5.66. The number of hydrogen-bond acceptors (Lipinski definition) is 5. The second-order valence-corrected chi connectivity index (χ2v) is 6.71.